The van der Waals surface area contributed by atoms with Gasteiger partial charge in [-0.25, -0.2) is 0 Å². The van der Waals surface area contributed by atoms with E-state index in [0.717, 1.165) is 6.04 Å². The molecule has 0 fully saturated rings. The Morgan fingerprint density at radius 3 is 2.33 bits per heavy atom. The van der Waals surface area contributed by atoms with Gasteiger partial charge in [0.25, 0.3) is 0 Å². The third kappa shape index (κ3) is 6.58. The maximum Gasteiger partial charge on any atom is 0.324 e. The van der Waals surface area contributed by atoms with Crippen molar-refractivity contribution < 1.29 is 8.85 Å². The predicted octanol–water partition coefficient (Wildman–Crippen LogP) is 2.25. The second-order valence-electron chi connectivity index (χ2n) is 2.75. The van der Waals surface area contributed by atoms with Crippen LogP contribution in [0.25, 0.3) is 0 Å². The van der Waals surface area contributed by atoms with Gasteiger partial charge in [0.05, 0.1) is 0 Å². The highest BCUT2D eigenvalue weighted by atomic mass is 28.3. The van der Waals surface area contributed by atoms with Crippen LogP contribution in [0, 0.1) is 0 Å². The largest absolute Gasteiger partial charge is 0.400 e. The average molecular weight is 188 g/mol. The summed E-state index contributed by atoms with van der Waals surface area (Å²) in [6.07, 6.45) is 8.13. The van der Waals surface area contributed by atoms with E-state index in [1.165, 1.54) is 19.3 Å². The Labute approximate surface area is 77.4 Å². The Bertz CT molecular complexity index is 111. The number of unbranched alkanes of at least 4 members (excludes halogenated alkanes) is 2. The lowest BCUT2D eigenvalue weighted by atomic mass is 10.2. The minimum absolute atomic E-state index is 0.983. The van der Waals surface area contributed by atoms with Gasteiger partial charge in [0.2, 0.25) is 0 Å². The summed E-state index contributed by atoms with van der Waals surface area (Å²) in [5, 5.41) is 0. The molecule has 0 amide bonds. The van der Waals surface area contributed by atoms with Crippen molar-refractivity contribution in [3.8, 4) is 0 Å². The number of allylic oxidation sites excluding steroid dienone is 2. The van der Waals surface area contributed by atoms with Gasteiger partial charge in [-0.15, -0.1) is 0 Å². The lowest BCUT2D eigenvalue weighted by Gasteiger charge is -2.06. The van der Waals surface area contributed by atoms with Crippen LogP contribution in [0.15, 0.2) is 12.2 Å². The molecule has 0 aliphatic rings. The number of hydrogen-bond donors (Lipinski definition) is 0. The van der Waals surface area contributed by atoms with Crippen LogP contribution in [0.5, 0.6) is 0 Å². The maximum atomic E-state index is 5.17. The molecule has 0 N–H and O–H groups in total. The van der Waals surface area contributed by atoms with Crippen LogP contribution in [0.3, 0.4) is 0 Å². The summed E-state index contributed by atoms with van der Waals surface area (Å²) < 4.78 is 10.3. The van der Waals surface area contributed by atoms with Crippen LogP contribution >= 0.6 is 0 Å². The maximum absolute atomic E-state index is 5.17. The first kappa shape index (κ1) is 11.9. The normalized spacial score (nSPS) is 11.7. The zero-order chi connectivity index (χ0) is 9.23. The molecule has 0 aromatic heterocycles. The lowest BCUT2D eigenvalue weighted by molar-refractivity contribution is 0.281. The molecule has 2 nitrogen and oxygen atoms in total. The van der Waals surface area contributed by atoms with Gasteiger partial charge in [0.15, 0.2) is 0 Å². The van der Waals surface area contributed by atoms with Crippen molar-refractivity contribution in [3.05, 3.63) is 12.2 Å². The van der Waals surface area contributed by atoms with Crippen molar-refractivity contribution in [2.75, 3.05) is 14.2 Å². The highest BCUT2D eigenvalue weighted by Gasteiger charge is 2.04. The van der Waals surface area contributed by atoms with Gasteiger partial charge in [-0.1, -0.05) is 31.9 Å². The van der Waals surface area contributed by atoms with Gasteiger partial charge in [0, 0.05) is 20.3 Å². The molecule has 0 unspecified atom stereocenters. The molecule has 0 saturated heterocycles. The summed E-state index contributed by atoms with van der Waals surface area (Å²) in [4.78, 5) is 0. The summed E-state index contributed by atoms with van der Waals surface area (Å²) in [6, 6.07) is 0.983. The van der Waals surface area contributed by atoms with E-state index in [0.29, 0.717) is 0 Å². The van der Waals surface area contributed by atoms with E-state index in [-0.39, 0.29) is 0 Å². The van der Waals surface area contributed by atoms with Gasteiger partial charge in [-0.05, 0) is 6.42 Å². The summed E-state index contributed by atoms with van der Waals surface area (Å²) in [6.45, 7) is 2.20. The molecule has 0 spiro atoms. The highest BCUT2D eigenvalue weighted by molar-refractivity contribution is 6.44. The molecular formula is C9H20O2Si. The Hall–Kier alpha value is -0.123. The molecule has 0 saturated carbocycles. The molecule has 72 valence electrons. The van der Waals surface area contributed by atoms with Crippen molar-refractivity contribution in [1.29, 1.82) is 0 Å². The third-order valence-corrected chi connectivity index (χ3v) is 3.45. The van der Waals surface area contributed by atoms with Crippen LogP contribution < -0.4 is 0 Å². The highest BCUT2D eigenvalue weighted by Crippen LogP contribution is 1.99. The van der Waals surface area contributed by atoms with E-state index >= 15 is 0 Å². The standard InChI is InChI=1S/C9H20O2Si/c1-4-5-6-7-8-9-12(10-2)11-3/h7-8,12H,4-6,9H2,1-3H3. The van der Waals surface area contributed by atoms with Crippen molar-refractivity contribution in [2.24, 2.45) is 0 Å². The molecule has 12 heavy (non-hydrogen) atoms. The SMILES string of the molecule is CCCCC=CC[SiH](OC)OC. The second kappa shape index (κ2) is 8.97. The van der Waals surface area contributed by atoms with E-state index in [9.17, 15) is 0 Å². The molecule has 0 heterocycles. The topological polar surface area (TPSA) is 18.5 Å². The molecule has 0 aromatic carbocycles. The molecule has 0 radical (unpaired) electrons. The molecular weight excluding hydrogens is 168 g/mol. The van der Waals surface area contributed by atoms with Crippen LogP contribution in [-0.2, 0) is 8.85 Å². The van der Waals surface area contributed by atoms with Crippen LogP contribution in [0.4, 0.5) is 0 Å². The third-order valence-electron chi connectivity index (χ3n) is 1.75. The van der Waals surface area contributed by atoms with Crippen LogP contribution in [0.2, 0.25) is 6.04 Å². The van der Waals surface area contributed by atoms with Gasteiger partial charge in [-0.2, -0.15) is 0 Å². The minimum Gasteiger partial charge on any atom is -0.400 e. The van der Waals surface area contributed by atoms with E-state index in [4.69, 9.17) is 8.85 Å². The van der Waals surface area contributed by atoms with Crippen molar-refractivity contribution in [1.82, 2.24) is 0 Å². The first-order valence-corrected chi connectivity index (χ1v) is 6.31. The predicted molar refractivity (Wildman–Crippen MR) is 54.6 cm³/mol. The average Bonchev–Trinajstić information content (AvgIpc) is 2.11. The first-order valence-electron chi connectivity index (χ1n) is 4.55. The second-order valence-corrected chi connectivity index (χ2v) is 5.02. The Morgan fingerprint density at radius 1 is 1.17 bits per heavy atom. The molecule has 0 bridgehead atoms. The Morgan fingerprint density at radius 2 is 1.83 bits per heavy atom. The minimum atomic E-state index is -1.33. The first-order chi connectivity index (χ1) is 5.85. The van der Waals surface area contributed by atoms with Gasteiger partial charge in [0.1, 0.15) is 0 Å². The van der Waals surface area contributed by atoms with Crippen molar-refractivity contribution in [2.45, 2.75) is 32.2 Å². The summed E-state index contributed by atoms with van der Waals surface area (Å²) in [7, 11) is 2.11. The fraction of sp³-hybridized carbons (Fsp3) is 0.778. The van der Waals surface area contributed by atoms with E-state index in [2.05, 4.69) is 19.1 Å². The summed E-state index contributed by atoms with van der Waals surface area (Å²) in [5.41, 5.74) is 0. The Balaban J connectivity index is 3.31. The van der Waals surface area contributed by atoms with E-state index in [1.54, 1.807) is 14.2 Å². The molecule has 0 atom stereocenters. The zero-order valence-electron chi connectivity index (χ0n) is 8.38. The monoisotopic (exact) mass is 188 g/mol. The van der Waals surface area contributed by atoms with Crippen LogP contribution in [0.1, 0.15) is 26.2 Å². The quantitative estimate of drug-likeness (QED) is 0.346. The lowest BCUT2D eigenvalue weighted by Crippen LogP contribution is -2.17. The van der Waals surface area contributed by atoms with Gasteiger partial charge >= 0.3 is 9.28 Å². The Kier molecular flexibility index (Phi) is 8.88. The van der Waals surface area contributed by atoms with Crippen molar-refractivity contribution >= 4 is 9.28 Å². The zero-order valence-corrected chi connectivity index (χ0v) is 9.53. The fourth-order valence-corrected chi connectivity index (χ4v) is 1.93. The fourth-order valence-electron chi connectivity index (χ4n) is 0.936. The number of rotatable bonds is 7. The molecule has 0 rings (SSSR count). The summed E-state index contributed by atoms with van der Waals surface area (Å²) >= 11 is 0. The van der Waals surface area contributed by atoms with Crippen molar-refractivity contribution in [3.63, 3.8) is 0 Å². The number of hydrogen-bond acceptors (Lipinski definition) is 2. The molecule has 0 aliphatic carbocycles. The molecule has 0 aliphatic heterocycles. The summed E-state index contributed by atoms with van der Waals surface area (Å²) in [5.74, 6) is 0. The smallest absolute Gasteiger partial charge is 0.324 e. The van der Waals surface area contributed by atoms with E-state index in [1.807, 2.05) is 0 Å². The molecule has 0 aromatic rings. The van der Waals surface area contributed by atoms with Gasteiger partial charge < -0.3 is 8.85 Å². The van der Waals surface area contributed by atoms with Crippen LogP contribution in [-0.4, -0.2) is 23.5 Å². The molecule has 3 heteroatoms. The van der Waals surface area contributed by atoms with Gasteiger partial charge in [-0.3, -0.25) is 0 Å². The van der Waals surface area contributed by atoms with E-state index < -0.39 is 9.28 Å².